The Kier molecular flexibility index (Phi) is 18.9. The molecule has 20 nitrogen and oxygen atoms in total. The van der Waals surface area contributed by atoms with Gasteiger partial charge in [-0.1, -0.05) is 80.8 Å². The standard InChI is InChI=1S/C62H76ClF2N11O9S2/c1-33(35-16-18-36(19-17-35)51-34(2)66-32-86-51)67-55(79)45-26-40(77)30-75(45)56(80)53(61(3,4)5)68-46(78)15-11-9-10-12-24-73-25-13-14-39(73)31-84-57-69-49-42(54(71-57)76-37-20-21-38(76)29-74(28-37)60(82)83)27-43(63)47(48(49)65)41-22-23-44(64)52-50(41)70-58(87-52)72-59(81)85-62(6,7)8/h16-19,22-23,27,32-33,37-40,45,53,77H,9-15,20-21,24-26,28-31H2,1-8H3,(H,67,79)(H,68,78)(H,82,83)(H,70,72,81)/t33-,37?,38?,39-,40+,45-,53+/m0/s1. The van der Waals surface area contributed by atoms with Crippen molar-refractivity contribution in [1.29, 1.82) is 0 Å². The maximum absolute atomic E-state index is 17.6. The van der Waals surface area contributed by atoms with Gasteiger partial charge in [-0.05, 0) is 121 Å². The molecule has 5 N–H and O–H groups in total. The van der Waals surface area contributed by atoms with E-state index in [0.717, 1.165) is 78.2 Å². The highest BCUT2D eigenvalue weighted by Crippen LogP contribution is 2.45. The second-order valence-corrected chi connectivity index (χ2v) is 27.6. The zero-order valence-corrected chi connectivity index (χ0v) is 52.6. The van der Waals surface area contributed by atoms with E-state index in [1.165, 1.54) is 21.9 Å². The first-order valence-corrected chi connectivity index (χ1v) is 31.9. The molecule has 0 spiro atoms. The number of aromatic nitrogens is 4. The number of carboxylic acid groups (broad SMARTS) is 1. The first-order chi connectivity index (χ1) is 41.3. The molecule has 3 aromatic heterocycles. The highest BCUT2D eigenvalue weighted by atomic mass is 35.5. The van der Waals surface area contributed by atoms with Crippen molar-refractivity contribution in [2.24, 2.45) is 5.41 Å². The Balaban J connectivity index is 0.762. The fraction of sp³-hybridized carbons (Fsp3) is 0.532. The fourth-order valence-electron chi connectivity index (χ4n) is 12.4. The van der Waals surface area contributed by atoms with Crippen LogP contribution >= 0.6 is 34.3 Å². The van der Waals surface area contributed by atoms with Gasteiger partial charge in [0.15, 0.2) is 10.9 Å². The number of ether oxygens (including phenoxy) is 2. The smallest absolute Gasteiger partial charge is 0.413 e. The molecule has 4 saturated heterocycles. The van der Waals surface area contributed by atoms with Crippen LogP contribution in [0.2, 0.25) is 5.02 Å². The first-order valence-electron chi connectivity index (χ1n) is 29.8. The summed E-state index contributed by atoms with van der Waals surface area (Å²) < 4.78 is 44.9. The van der Waals surface area contributed by atoms with Crippen molar-refractivity contribution in [2.75, 3.05) is 49.5 Å². The molecule has 2 bridgehead atoms. The number of hydrogen-bond donors (Lipinski definition) is 5. The van der Waals surface area contributed by atoms with E-state index in [2.05, 4.69) is 35.8 Å². The van der Waals surface area contributed by atoms with Crippen LogP contribution in [0.5, 0.6) is 6.01 Å². The topological polar surface area (TPSA) is 245 Å². The number of aliphatic hydroxyl groups is 1. The number of benzene rings is 3. The maximum Gasteiger partial charge on any atom is 0.413 e. The number of thiazole rings is 2. The van der Waals surface area contributed by atoms with Gasteiger partial charge < -0.3 is 45.0 Å². The zero-order chi connectivity index (χ0) is 62.2. The van der Waals surface area contributed by atoms with E-state index >= 15 is 8.78 Å². The van der Waals surface area contributed by atoms with Crippen LogP contribution < -0.4 is 25.6 Å². The Morgan fingerprint density at radius 3 is 2.30 bits per heavy atom. The van der Waals surface area contributed by atoms with Gasteiger partial charge in [0.05, 0.1) is 43.5 Å². The molecule has 466 valence electrons. The van der Waals surface area contributed by atoms with Crippen LogP contribution in [0.3, 0.4) is 0 Å². The molecular weight excluding hydrogens is 1180 g/mol. The Morgan fingerprint density at radius 2 is 1.62 bits per heavy atom. The number of fused-ring (bicyclic) bond motifs is 4. The fourth-order valence-corrected chi connectivity index (χ4v) is 14.4. The monoisotopic (exact) mass is 1260 g/mol. The Hall–Kier alpha value is -6.86. The molecule has 0 radical (unpaired) electrons. The quantitative estimate of drug-likeness (QED) is 0.0474. The number of piperazine rings is 1. The minimum absolute atomic E-state index is 0.00522. The van der Waals surface area contributed by atoms with Crippen LogP contribution in [0, 0.1) is 24.0 Å². The summed E-state index contributed by atoms with van der Waals surface area (Å²) in [4.78, 5) is 93.2. The van der Waals surface area contributed by atoms with Gasteiger partial charge in [0.25, 0.3) is 0 Å². The minimum Gasteiger partial charge on any atom is -0.465 e. The Labute approximate surface area is 517 Å². The van der Waals surface area contributed by atoms with E-state index in [0.29, 0.717) is 30.5 Å². The highest BCUT2D eigenvalue weighted by Gasteiger charge is 2.46. The van der Waals surface area contributed by atoms with E-state index in [9.17, 15) is 34.2 Å². The van der Waals surface area contributed by atoms with Crippen LogP contribution in [0.1, 0.15) is 130 Å². The lowest BCUT2D eigenvalue weighted by atomic mass is 9.85. The van der Waals surface area contributed by atoms with Crippen molar-refractivity contribution in [1.82, 2.24) is 45.3 Å². The molecule has 7 atom stereocenters. The van der Waals surface area contributed by atoms with Crippen molar-refractivity contribution in [2.45, 2.75) is 168 Å². The van der Waals surface area contributed by atoms with Crippen LogP contribution in [-0.4, -0.2) is 156 Å². The first kappa shape index (κ1) is 63.2. The van der Waals surface area contributed by atoms with Crippen LogP contribution in [-0.2, 0) is 19.1 Å². The molecule has 4 aliphatic heterocycles. The molecule has 0 aliphatic carbocycles. The molecule has 3 aromatic carbocycles. The maximum atomic E-state index is 17.6. The number of anilines is 2. The third-order valence-electron chi connectivity index (χ3n) is 16.8. The van der Waals surface area contributed by atoms with Gasteiger partial charge in [0.2, 0.25) is 17.7 Å². The molecule has 4 fully saturated rings. The summed E-state index contributed by atoms with van der Waals surface area (Å²) in [5.74, 6) is -2.15. The third-order valence-corrected chi connectivity index (χ3v) is 19.0. The lowest BCUT2D eigenvalue weighted by Gasteiger charge is -2.41. The van der Waals surface area contributed by atoms with Gasteiger partial charge in [-0.3, -0.25) is 24.6 Å². The predicted octanol–water partition coefficient (Wildman–Crippen LogP) is 11.1. The summed E-state index contributed by atoms with van der Waals surface area (Å²) >= 11 is 9.45. The number of nitrogens with zero attached hydrogens (tertiary/aromatic N) is 8. The van der Waals surface area contributed by atoms with Gasteiger partial charge in [-0.25, -0.2) is 28.3 Å². The molecular formula is C62H76ClF2N11O9S2. The number of carbonyl (C=O) groups excluding carboxylic acids is 4. The summed E-state index contributed by atoms with van der Waals surface area (Å²) in [7, 11) is 0. The molecule has 5 amide bonds. The molecule has 4 aliphatic rings. The predicted molar refractivity (Wildman–Crippen MR) is 331 cm³/mol. The number of carbonyl (C=O) groups is 5. The van der Waals surface area contributed by atoms with Gasteiger partial charge in [0.1, 0.15) is 41.4 Å². The van der Waals surface area contributed by atoms with E-state index in [4.69, 9.17) is 26.1 Å². The summed E-state index contributed by atoms with van der Waals surface area (Å²) in [5, 5.41) is 29.6. The van der Waals surface area contributed by atoms with Gasteiger partial charge >= 0.3 is 18.2 Å². The number of hydrogen-bond acceptors (Lipinski definition) is 16. The van der Waals surface area contributed by atoms with E-state index in [1.54, 1.807) is 38.2 Å². The van der Waals surface area contributed by atoms with Gasteiger partial charge in [-0.15, -0.1) is 11.3 Å². The van der Waals surface area contributed by atoms with Crippen molar-refractivity contribution in [3.8, 4) is 27.6 Å². The largest absolute Gasteiger partial charge is 0.465 e. The highest BCUT2D eigenvalue weighted by molar-refractivity contribution is 7.22. The number of aryl methyl sites for hydroxylation is 1. The molecule has 2 unspecified atom stereocenters. The summed E-state index contributed by atoms with van der Waals surface area (Å²) in [6.07, 6.45) is 3.79. The number of aliphatic hydroxyl groups excluding tert-OH is 1. The minimum atomic E-state index is -1.02. The number of nitrogens with one attached hydrogen (secondary N) is 3. The molecule has 0 saturated carbocycles. The van der Waals surface area contributed by atoms with E-state index < -0.39 is 58.9 Å². The number of amides is 5. The van der Waals surface area contributed by atoms with Crippen molar-refractivity contribution in [3.05, 3.63) is 75.9 Å². The molecule has 25 heteroatoms. The molecule has 87 heavy (non-hydrogen) atoms. The second kappa shape index (κ2) is 26.1. The number of unbranched alkanes of at least 4 members (excludes halogenated alkanes) is 3. The second-order valence-electron chi connectivity index (χ2n) is 25.4. The lowest BCUT2D eigenvalue weighted by molar-refractivity contribution is -0.144. The average molecular weight is 1260 g/mol. The number of halogens is 3. The Bertz CT molecular complexity index is 3550. The third kappa shape index (κ3) is 14.2. The lowest BCUT2D eigenvalue weighted by Crippen LogP contribution is -2.57. The van der Waals surface area contributed by atoms with Gasteiger partial charge in [0, 0.05) is 67.1 Å². The Morgan fingerprint density at radius 1 is 0.897 bits per heavy atom. The van der Waals surface area contributed by atoms with Crippen LogP contribution in [0.4, 0.5) is 29.3 Å². The van der Waals surface area contributed by atoms with Crippen molar-refractivity contribution in [3.63, 3.8) is 0 Å². The SMILES string of the molecule is Cc1ncsc1-c1ccc([C@H](C)NC(=O)[C@@H]2C[C@@H](O)CN2C(=O)[C@@H](NC(=O)CCCCCCN2CCC[C@H]2COc2nc(N3C4CCC3CN(C(=O)O)C4)c3cc(Cl)c(-c4ccc(F)c5sc(NC(=O)OC(C)(C)C)nc45)c(F)c3n2)C(C)(C)C)cc1. The van der Waals surface area contributed by atoms with Crippen LogP contribution in [0.15, 0.2) is 48.0 Å². The van der Waals surface area contributed by atoms with Gasteiger partial charge in [-0.2, -0.15) is 9.97 Å². The molecule has 6 aromatic rings. The van der Waals surface area contributed by atoms with E-state index in [-0.39, 0.29) is 118 Å². The van der Waals surface area contributed by atoms with Crippen molar-refractivity contribution < 1.29 is 52.4 Å². The summed E-state index contributed by atoms with van der Waals surface area (Å²) in [6, 6.07) is 9.26. The van der Waals surface area contributed by atoms with E-state index in [1.807, 2.05) is 69.3 Å². The molecule has 10 rings (SSSR count). The number of likely N-dealkylation sites (tertiary alicyclic amines) is 3. The molecule has 7 heterocycles. The van der Waals surface area contributed by atoms with Crippen LogP contribution in [0.25, 0.3) is 42.7 Å². The van der Waals surface area contributed by atoms with Crippen molar-refractivity contribution >= 4 is 96.3 Å². The summed E-state index contributed by atoms with van der Waals surface area (Å²) in [6.45, 7) is 16.8. The number of rotatable bonds is 19. The zero-order valence-electron chi connectivity index (χ0n) is 50.3. The average Bonchev–Trinajstić information content (AvgIpc) is 1.75. The normalized spacial score (nSPS) is 20.5. The summed E-state index contributed by atoms with van der Waals surface area (Å²) in [5.41, 5.74) is 3.22. The number of β-amino-alcohol motifs (C(OH)–C–C–N with tert-alkyl or cyclic N) is 1.